The number of halogens is 1. The maximum Gasteiger partial charge on any atom is 0.412 e. The van der Waals surface area contributed by atoms with Gasteiger partial charge in [-0.25, -0.2) is 4.79 Å². The van der Waals surface area contributed by atoms with E-state index in [4.69, 9.17) is 16.3 Å². The minimum atomic E-state index is -0.500. The Hall–Kier alpha value is -0.740. The molecule has 84 valence electrons. The van der Waals surface area contributed by atoms with Gasteiger partial charge in [0.1, 0.15) is 9.94 Å². The van der Waals surface area contributed by atoms with Crippen molar-refractivity contribution in [2.45, 2.75) is 33.3 Å². The standard InChI is InChI=1S/C10H14ClNO2S/c1-6-5-15-8(11)7(6)12-9(13)14-10(2,3)4/h5H,1-4H3,(H,12,13). The van der Waals surface area contributed by atoms with Gasteiger partial charge in [0.2, 0.25) is 0 Å². The monoisotopic (exact) mass is 247 g/mol. The average Bonchev–Trinajstić information content (AvgIpc) is 2.32. The fraction of sp³-hybridized carbons (Fsp3) is 0.500. The highest BCUT2D eigenvalue weighted by molar-refractivity contribution is 7.15. The highest BCUT2D eigenvalue weighted by Gasteiger charge is 2.18. The summed E-state index contributed by atoms with van der Waals surface area (Å²) in [5.74, 6) is 0. The molecule has 1 rings (SSSR count). The summed E-state index contributed by atoms with van der Waals surface area (Å²) in [4.78, 5) is 11.4. The van der Waals surface area contributed by atoms with Gasteiger partial charge in [-0.3, -0.25) is 5.32 Å². The fourth-order valence-corrected chi connectivity index (χ4v) is 2.02. The first-order valence-electron chi connectivity index (χ1n) is 4.53. The predicted molar refractivity (Wildman–Crippen MR) is 63.9 cm³/mol. The van der Waals surface area contributed by atoms with E-state index in [1.165, 1.54) is 11.3 Å². The Balaban J connectivity index is 2.67. The van der Waals surface area contributed by atoms with Crippen LogP contribution in [0, 0.1) is 6.92 Å². The van der Waals surface area contributed by atoms with Crippen LogP contribution in [0.25, 0.3) is 0 Å². The number of amides is 1. The van der Waals surface area contributed by atoms with Gasteiger partial charge < -0.3 is 4.74 Å². The second kappa shape index (κ2) is 4.41. The van der Waals surface area contributed by atoms with Crippen LogP contribution in [-0.4, -0.2) is 11.7 Å². The first-order chi connectivity index (χ1) is 6.79. The summed E-state index contributed by atoms with van der Waals surface area (Å²) in [6, 6.07) is 0. The normalized spacial score (nSPS) is 11.3. The third-order valence-electron chi connectivity index (χ3n) is 1.56. The third kappa shape index (κ3) is 3.72. The van der Waals surface area contributed by atoms with Crippen LogP contribution >= 0.6 is 22.9 Å². The van der Waals surface area contributed by atoms with Gasteiger partial charge in [-0.2, -0.15) is 0 Å². The van der Waals surface area contributed by atoms with Crippen molar-refractivity contribution in [1.29, 1.82) is 0 Å². The molecule has 3 nitrogen and oxygen atoms in total. The van der Waals surface area contributed by atoms with Gasteiger partial charge in [-0.1, -0.05) is 11.6 Å². The van der Waals surface area contributed by atoms with E-state index in [1.807, 2.05) is 33.1 Å². The Bertz CT molecular complexity index is 348. The summed E-state index contributed by atoms with van der Waals surface area (Å²) in [5, 5.41) is 4.52. The molecule has 0 radical (unpaired) electrons. The van der Waals surface area contributed by atoms with Gasteiger partial charge >= 0.3 is 6.09 Å². The summed E-state index contributed by atoms with van der Waals surface area (Å²) in [7, 11) is 0. The molecule has 0 aliphatic carbocycles. The topological polar surface area (TPSA) is 38.3 Å². The SMILES string of the molecule is Cc1csc(Cl)c1NC(=O)OC(C)(C)C. The highest BCUT2D eigenvalue weighted by Crippen LogP contribution is 2.32. The second-order valence-corrected chi connectivity index (χ2v) is 5.68. The molecule has 5 heteroatoms. The van der Waals surface area contributed by atoms with Gasteiger partial charge in [-0.05, 0) is 38.6 Å². The third-order valence-corrected chi connectivity index (χ3v) is 2.89. The van der Waals surface area contributed by atoms with E-state index < -0.39 is 11.7 Å². The number of hydrogen-bond donors (Lipinski definition) is 1. The van der Waals surface area contributed by atoms with Crippen molar-refractivity contribution in [2.75, 3.05) is 5.32 Å². The number of thiophene rings is 1. The molecule has 1 aromatic heterocycles. The number of anilines is 1. The lowest BCUT2D eigenvalue weighted by molar-refractivity contribution is 0.0636. The maximum atomic E-state index is 11.4. The summed E-state index contributed by atoms with van der Waals surface area (Å²) in [6.07, 6.45) is -0.481. The Kier molecular flexibility index (Phi) is 3.62. The molecule has 15 heavy (non-hydrogen) atoms. The molecule has 1 heterocycles. The second-order valence-electron chi connectivity index (χ2n) is 4.19. The Morgan fingerprint density at radius 2 is 2.13 bits per heavy atom. The van der Waals surface area contributed by atoms with Crippen molar-refractivity contribution < 1.29 is 9.53 Å². The Labute approximate surface area is 98.4 Å². The quantitative estimate of drug-likeness (QED) is 0.813. The molecule has 0 fully saturated rings. The number of carbonyl (C=O) groups excluding carboxylic acids is 1. The molecule has 0 saturated carbocycles. The van der Waals surface area contributed by atoms with Crippen molar-refractivity contribution in [3.8, 4) is 0 Å². The number of rotatable bonds is 1. The van der Waals surface area contributed by atoms with E-state index in [9.17, 15) is 4.79 Å². The lowest BCUT2D eigenvalue weighted by Crippen LogP contribution is -2.27. The molecule has 0 bridgehead atoms. The molecule has 0 atom stereocenters. The Morgan fingerprint density at radius 1 is 1.53 bits per heavy atom. The minimum absolute atomic E-state index is 0.481. The van der Waals surface area contributed by atoms with Crippen molar-refractivity contribution in [3.05, 3.63) is 15.3 Å². The summed E-state index contributed by atoms with van der Waals surface area (Å²) < 4.78 is 5.68. The van der Waals surface area contributed by atoms with E-state index in [2.05, 4.69) is 5.32 Å². The number of hydrogen-bond acceptors (Lipinski definition) is 3. The summed E-state index contributed by atoms with van der Waals surface area (Å²) in [5.41, 5.74) is 1.08. The molecule has 0 spiro atoms. The van der Waals surface area contributed by atoms with E-state index in [0.717, 1.165) is 5.56 Å². The molecule has 0 aliphatic rings. The molecule has 0 saturated heterocycles. The van der Waals surface area contributed by atoms with E-state index in [0.29, 0.717) is 10.0 Å². The Morgan fingerprint density at radius 3 is 2.53 bits per heavy atom. The molecular weight excluding hydrogens is 234 g/mol. The van der Waals surface area contributed by atoms with Gasteiger partial charge in [0, 0.05) is 0 Å². The molecule has 1 amide bonds. The van der Waals surface area contributed by atoms with Gasteiger partial charge in [0.05, 0.1) is 5.69 Å². The minimum Gasteiger partial charge on any atom is -0.444 e. The average molecular weight is 248 g/mol. The smallest absolute Gasteiger partial charge is 0.412 e. The molecule has 1 N–H and O–H groups in total. The van der Waals surface area contributed by atoms with Gasteiger partial charge in [0.25, 0.3) is 0 Å². The molecule has 0 aliphatic heterocycles. The van der Waals surface area contributed by atoms with Crippen LogP contribution in [0.3, 0.4) is 0 Å². The van der Waals surface area contributed by atoms with Crippen LogP contribution < -0.4 is 5.32 Å². The van der Waals surface area contributed by atoms with Crippen LogP contribution in [0.4, 0.5) is 10.5 Å². The van der Waals surface area contributed by atoms with Crippen LogP contribution in [0.2, 0.25) is 4.34 Å². The molecule has 1 aromatic rings. The van der Waals surface area contributed by atoms with Crippen LogP contribution in [0.15, 0.2) is 5.38 Å². The lowest BCUT2D eigenvalue weighted by atomic mass is 10.2. The fourth-order valence-electron chi connectivity index (χ4n) is 0.966. The van der Waals surface area contributed by atoms with Crippen molar-refractivity contribution in [2.24, 2.45) is 0 Å². The number of aryl methyl sites for hydroxylation is 1. The van der Waals surface area contributed by atoms with E-state index in [-0.39, 0.29) is 0 Å². The van der Waals surface area contributed by atoms with Gasteiger partial charge in [-0.15, -0.1) is 11.3 Å². The van der Waals surface area contributed by atoms with E-state index >= 15 is 0 Å². The van der Waals surface area contributed by atoms with Crippen molar-refractivity contribution in [3.63, 3.8) is 0 Å². The van der Waals surface area contributed by atoms with Gasteiger partial charge in [0.15, 0.2) is 0 Å². The predicted octanol–water partition coefficient (Wildman–Crippen LogP) is 4.06. The largest absolute Gasteiger partial charge is 0.444 e. The zero-order chi connectivity index (χ0) is 11.6. The van der Waals surface area contributed by atoms with Crippen molar-refractivity contribution in [1.82, 2.24) is 0 Å². The number of carbonyl (C=O) groups is 1. The van der Waals surface area contributed by atoms with Crippen LogP contribution in [-0.2, 0) is 4.74 Å². The lowest BCUT2D eigenvalue weighted by Gasteiger charge is -2.19. The number of ether oxygens (including phenoxy) is 1. The van der Waals surface area contributed by atoms with E-state index in [1.54, 1.807) is 0 Å². The first kappa shape index (κ1) is 12.3. The summed E-state index contributed by atoms with van der Waals surface area (Å²) in [6.45, 7) is 7.33. The molecular formula is C10H14ClNO2S. The summed E-state index contributed by atoms with van der Waals surface area (Å²) >= 11 is 7.29. The zero-order valence-electron chi connectivity index (χ0n) is 9.18. The number of nitrogens with one attached hydrogen (secondary N) is 1. The van der Waals surface area contributed by atoms with Crippen LogP contribution in [0.1, 0.15) is 26.3 Å². The highest BCUT2D eigenvalue weighted by atomic mass is 35.5. The van der Waals surface area contributed by atoms with Crippen molar-refractivity contribution >= 4 is 34.7 Å². The maximum absolute atomic E-state index is 11.4. The van der Waals surface area contributed by atoms with Crippen LogP contribution in [0.5, 0.6) is 0 Å². The molecule has 0 unspecified atom stereocenters. The zero-order valence-corrected chi connectivity index (χ0v) is 10.8. The molecule has 0 aromatic carbocycles. The first-order valence-corrected chi connectivity index (χ1v) is 5.79.